The fraction of sp³-hybridized carbons (Fsp3) is 0.667. The number of sulfonamides is 1. The van der Waals surface area contributed by atoms with Gasteiger partial charge < -0.3 is 9.47 Å². The van der Waals surface area contributed by atoms with Crippen LogP contribution in [0.4, 0.5) is 4.79 Å². The van der Waals surface area contributed by atoms with Crippen molar-refractivity contribution in [1.29, 1.82) is 0 Å². The van der Waals surface area contributed by atoms with Gasteiger partial charge in [0.05, 0.1) is 12.4 Å². The van der Waals surface area contributed by atoms with E-state index in [9.17, 15) is 18.0 Å². The van der Waals surface area contributed by atoms with E-state index in [2.05, 4.69) is 14.8 Å². The van der Waals surface area contributed by atoms with Crippen LogP contribution >= 0.6 is 0 Å². The zero-order valence-electron chi connectivity index (χ0n) is 12.6. The Hall–Kier alpha value is -1.61. The van der Waals surface area contributed by atoms with Gasteiger partial charge in [-0.05, 0) is 27.7 Å². The van der Waals surface area contributed by atoms with Gasteiger partial charge in [-0.25, -0.2) is 17.9 Å². The fourth-order valence-electron chi connectivity index (χ4n) is 1.05. The van der Waals surface area contributed by atoms with Crippen LogP contribution in [-0.2, 0) is 24.3 Å². The number of esters is 1. The zero-order valence-corrected chi connectivity index (χ0v) is 13.5. The average Bonchev–Trinajstić information content (AvgIpc) is 2.31. The van der Waals surface area contributed by atoms with Gasteiger partial charge in [0.2, 0.25) is 10.0 Å². The lowest BCUT2D eigenvalue weighted by molar-refractivity contribution is -0.141. The molecule has 122 valence electrons. The molecule has 9 heteroatoms. The lowest BCUT2D eigenvalue weighted by atomic mass is 10.2. The predicted octanol–water partition coefficient (Wildman–Crippen LogP) is 0.507. The quantitative estimate of drug-likeness (QED) is 0.661. The molecule has 0 spiro atoms. The summed E-state index contributed by atoms with van der Waals surface area (Å²) in [5, 5.41) is 2.27. The monoisotopic (exact) mass is 322 g/mol. The Morgan fingerprint density at radius 2 is 1.86 bits per heavy atom. The molecule has 21 heavy (non-hydrogen) atoms. The minimum absolute atomic E-state index is 0.181. The second-order valence-electron chi connectivity index (χ2n) is 4.96. The first-order valence-electron chi connectivity index (χ1n) is 6.33. The van der Waals surface area contributed by atoms with Gasteiger partial charge in [-0.3, -0.25) is 10.1 Å². The van der Waals surface area contributed by atoms with Crippen LogP contribution in [0.1, 0.15) is 27.7 Å². The number of carbonyl (C=O) groups is 2. The second kappa shape index (κ2) is 8.63. The third kappa shape index (κ3) is 11.9. The Labute approximate surface area is 124 Å². The van der Waals surface area contributed by atoms with Crippen molar-refractivity contribution in [3.63, 3.8) is 0 Å². The molecule has 0 atom stereocenters. The summed E-state index contributed by atoms with van der Waals surface area (Å²) >= 11 is 0. The van der Waals surface area contributed by atoms with Crippen LogP contribution in [-0.4, -0.2) is 45.0 Å². The number of alkyl carbamates (subject to hydrolysis) is 1. The summed E-state index contributed by atoms with van der Waals surface area (Å²) in [6.45, 7) is 6.50. The first kappa shape index (κ1) is 19.4. The van der Waals surface area contributed by atoms with Crippen LogP contribution in [0.3, 0.4) is 0 Å². The molecule has 0 radical (unpaired) electrons. The summed E-state index contributed by atoms with van der Waals surface area (Å²) in [4.78, 5) is 22.3. The Balaban J connectivity index is 4.11. The van der Waals surface area contributed by atoms with Crippen molar-refractivity contribution in [1.82, 2.24) is 10.0 Å². The van der Waals surface area contributed by atoms with Crippen molar-refractivity contribution in [2.75, 3.05) is 18.9 Å². The molecule has 0 saturated carbocycles. The molecule has 0 unspecified atom stereocenters. The molecule has 0 aliphatic rings. The molecule has 0 aromatic rings. The van der Waals surface area contributed by atoms with Gasteiger partial charge in [0.25, 0.3) is 0 Å². The number of hydrogen-bond acceptors (Lipinski definition) is 6. The summed E-state index contributed by atoms with van der Waals surface area (Å²) in [6, 6.07) is 0. The molecule has 0 bridgehead atoms. The average molecular weight is 322 g/mol. The molecule has 0 aliphatic heterocycles. The Morgan fingerprint density at radius 1 is 1.24 bits per heavy atom. The molecule has 0 aromatic heterocycles. The molecule has 8 nitrogen and oxygen atoms in total. The Morgan fingerprint density at radius 3 is 2.38 bits per heavy atom. The van der Waals surface area contributed by atoms with E-state index in [0.717, 1.165) is 6.20 Å². The normalized spacial score (nSPS) is 12.2. The predicted molar refractivity (Wildman–Crippen MR) is 76.9 cm³/mol. The molecular formula is C12H22N2O6S. The third-order valence-electron chi connectivity index (χ3n) is 1.78. The second-order valence-corrected chi connectivity index (χ2v) is 6.81. The number of ether oxygens (including phenoxy) is 2. The number of amides is 1. The molecule has 0 heterocycles. The fourth-order valence-corrected chi connectivity index (χ4v) is 1.85. The number of carbonyl (C=O) groups excluding carboxylic acids is 2. The summed E-state index contributed by atoms with van der Waals surface area (Å²) in [5.41, 5.74) is -0.634. The van der Waals surface area contributed by atoms with Gasteiger partial charge in [-0.1, -0.05) is 6.08 Å². The van der Waals surface area contributed by atoms with Crippen LogP contribution < -0.4 is 10.0 Å². The van der Waals surface area contributed by atoms with Crippen LogP contribution in [0.2, 0.25) is 0 Å². The maximum absolute atomic E-state index is 11.5. The minimum Gasteiger partial charge on any atom is -0.465 e. The van der Waals surface area contributed by atoms with Gasteiger partial charge in [-0.15, -0.1) is 0 Å². The molecule has 0 aliphatic carbocycles. The summed E-state index contributed by atoms with van der Waals surface area (Å²) < 4.78 is 34.6. The lowest BCUT2D eigenvalue weighted by Crippen LogP contribution is -2.32. The van der Waals surface area contributed by atoms with Crippen molar-refractivity contribution < 1.29 is 27.5 Å². The van der Waals surface area contributed by atoms with Gasteiger partial charge in [0, 0.05) is 6.20 Å². The highest BCUT2D eigenvalue weighted by Crippen LogP contribution is 2.06. The largest absolute Gasteiger partial charge is 0.465 e. The topological polar surface area (TPSA) is 111 Å². The van der Waals surface area contributed by atoms with Crippen molar-refractivity contribution >= 4 is 22.1 Å². The molecule has 2 N–H and O–H groups in total. The summed E-state index contributed by atoms with van der Waals surface area (Å²) in [7, 11) is -3.66. The molecule has 0 rings (SSSR count). The third-order valence-corrected chi connectivity index (χ3v) is 2.99. The van der Waals surface area contributed by atoms with Crippen LogP contribution in [0.25, 0.3) is 0 Å². The summed E-state index contributed by atoms with van der Waals surface area (Å²) in [5.74, 6) is -1.04. The first-order chi connectivity index (χ1) is 9.56. The summed E-state index contributed by atoms with van der Waals surface area (Å²) in [6.07, 6.45) is 1.70. The maximum Gasteiger partial charge on any atom is 0.411 e. The highest BCUT2D eigenvalue weighted by atomic mass is 32.2. The van der Waals surface area contributed by atoms with E-state index < -0.39 is 34.2 Å². The van der Waals surface area contributed by atoms with E-state index in [1.165, 1.54) is 6.08 Å². The number of nitrogens with one attached hydrogen (secondary N) is 2. The van der Waals surface area contributed by atoms with Crippen LogP contribution in [0.5, 0.6) is 0 Å². The Bertz CT molecular complexity index is 478. The standard InChI is InChI=1S/C12H22N2O6S/c1-5-19-10(15)9-14-21(17,18)8-6-7-13-11(16)20-12(2,3)4/h6-7,14H,5,8-9H2,1-4H3,(H,13,16). The van der Waals surface area contributed by atoms with Gasteiger partial charge in [-0.2, -0.15) is 0 Å². The van der Waals surface area contributed by atoms with Crippen molar-refractivity contribution in [3.8, 4) is 0 Å². The van der Waals surface area contributed by atoms with E-state index in [0.29, 0.717) is 0 Å². The lowest BCUT2D eigenvalue weighted by Gasteiger charge is -2.18. The minimum atomic E-state index is -3.66. The smallest absolute Gasteiger partial charge is 0.411 e. The zero-order chi connectivity index (χ0) is 16.5. The highest BCUT2D eigenvalue weighted by Gasteiger charge is 2.15. The molecule has 0 fully saturated rings. The van der Waals surface area contributed by atoms with Gasteiger partial charge in [0.1, 0.15) is 12.1 Å². The molecule has 0 saturated heterocycles. The van der Waals surface area contributed by atoms with Crippen molar-refractivity contribution in [2.45, 2.75) is 33.3 Å². The number of rotatable bonds is 7. The van der Waals surface area contributed by atoms with E-state index in [1.807, 2.05) is 0 Å². The SMILES string of the molecule is CCOC(=O)CNS(=O)(=O)CC=CNC(=O)OC(C)(C)C. The first-order valence-corrected chi connectivity index (χ1v) is 7.98. The molecule has 1 amide bonds. The molecule has 0 aromatic carbocycles. The Kier molecular flexibility index (Phi) is 7.97. The van der Waals surface area contributed by atoms with Gasteiger partial charge in [0.15, 0.2) is 0 Å². The van der Waals surface area contributed by atoms with E-state index in [-0.39, 0.29) is 12.4 Å². The van der Waals surface area contributed by atoms with Crippen molar-refractivity contribution in [2.24, 2.45) is 0 Å². The van der Waals surface area contributed by atoms with Crippen molar-refractivity contribution in [3.05, 3.63) is 12.3 Å². The van der Waals surface area contributed by atoms with Crippen LogP contribution in [0, 0.1) is 0 Å². The maximum atomic E-state index is 11.5. The van der Waals surface area contributed by atoms with E-state index in [1.54, 1.807) is 27.7 Å². The molecular weight excluding hydrogens is 300 g/mol. The van der Waals surface area contributed by atoms with E-state index >= 15 is 0 Å². The number of hydrogen-bond donors (Lipinski definition) is 2. The van der Waals surface area contributed by atoms with Crippen LogP contribution in [0.15, 0.2) is 12.3 Å². The van der Waals surface area contributed by atoms with E-state index in [4.69, 9.17) is 4.74 Å². The van der Waals surface area contributed by atoms with Gasteiger partial charge >= 0.3 is 12.1 Å². The highest BCUT2D eigenvalue weighted by molar-refractivity contribution is 7.89.